The summed E-state index contributed by atoms with van der Waals surface area (Å²) >= 11 is 0. The maximum Gasteiger partial charge on any atom is 0.342 e. The van der Waals surface area contributed by atoms with E-state index in [1.54, 1.807) is 0 Å². The van der Waals surface area contributed by atoms with Gasteiger partial charge < -0.3 is 15.1 Å². The summed E-state index contributed by atoms with van der Waals surface area (Å²) in [5, 5.41) is 24.5. The molecule has 0 aromatic carbocycles. The van der Waals surface area contributed by atoms with Crippen LogP contribution in [-0.4, -0.2) is 27.7 Å². The van der Waals surface area contributed by atoms with Gasteiger partial charge in [-0.05, 0) is 19.3 Å². The Kier molecular flexibility index (Phi) is 5.73. The topological polar surface area (TPSA) is 87.0 Å². The lowest BCUT2D eigenvalue weighted by molar-refractivity contribution is -0.234. The summed E-state index contributed by atoms with van der Waals surface area (Å²) in [5.74, 6) is -0.697. The number of rotatable bonds is 5. The van der Waals surface area contributed by atoms with Crippen molar-refractivity contribution in [2.45, 2.75) is 32.0 Å². The summed E-state index contributed by atoms with van der Waals surface area (Å²) in [6.07, 6.45) is 0.0197. The van der Waals surface area contributed by atoms with Crippen LogP contribution in [0.4, 0.5) is 0 Å². The normalized spacial score (nSPS) is 10.2. The lowest BCUT2D eigenvalue weighted by atomic mass is 10.2. The van der Waals surface area contributed by atoms with Crippen molar-refractivity contribution >= 4 is 5.97 Å². The molecule has 0 spiro atoms. The largest absolute Gasteiger partial charge is 0.368 e. The highest BCUT2D eigenvalue weighted by Crippen LogP contribution is 2.02. The molecule has 66 valence electrons. The SMILES string of the molecule is O=C(CCCCC(O)O)OO. The number of carbonyl (C=O) groups is 1. The van der Waals surface area contributed by atoms with Crippen LogP contribution < -0.4 is 0 Å². The zero-order valence-electron chi connectivity index (χ0n) is 6.06. The fourth-order valence-electron chi connectivity index (χ4n) is 0.642. The highest BCUT2D eigenvalue weighted by atomic mass is 17.1. The van der Waals surface area contributed by atoms with E-state index in [1.807, 2.05) is 0 Å². The Balaban J connectivity index is 3.08. The number of hydrogen-bond donors (Lipinski definition) is 3. The molecule has 0 fully saturated rings. The van der Waals surface area contributed by atoms with Crippen LogP contribution in [0.25, 0.3) is 0 Å². The monoisotopic (exact) mass is 164 g/mol. The van der Waals surface area contributed by atoms with Gasteiger partial charge in [0, 0.05) is 6.42 Å². The molecule has 0 unspecified atom stereocenters. The Morgan fingerprint density at radius 3 is 2.45 bits per heavy atom. The fourth-order valence-corrected chi connectivity index (χ4v) is 0.642. The Morgan fingerprint density at radius 2 is 2.00 bits per heavy atom. The van der Waals surface area contributed by atoms with Crippen molar-refractivity contribution in [1.82, 2.24) is 0 Å². The van der Waals surface area contributed by atoms with Crippen LogP contribution in [-0.2, 0) is 9.68 Å². The van der Waals surface area contributed by atoms with E-state index in [1.165, 1.54) is 0 Å². The minimum Gasteiger partial charge on any atom is -0.368 e. The third kappa shape index (κ3) is 7.24. The number of aliphatic hydroxyl groups is 2. The second-order valence-corrected chi connectivity index (χ2v) is 2.19. The first-order valence-electron chi connectivity index (χ1n) is 3.37. The van der Waals surface area contributed by atoms with E-state index >= 15 is 0 Å². The number of unbranched alkanes of at least 4 members (excludes halogenated alkanes) is 1. The van der Waals surface area contributed by atoms with Gasteiger partial charge in [0.25, 0.3) is 0 Å². The molecule has 0 bridgehead atoms. The average Bonchev–Trinajstić information content (AvgIpc) is 1.97. The molecule has 0 aliphatic carbocycles. The van der Waals surface area contributed by atoms with Crippen LogP contribution in [0, 0.1) is 0 Å². The van der Waals surface area contributed by atoms with Crippen molar-refractivity contribution in [1.29, 1.82) is 0 Å². The number of hydrogen-bond acceptors (Lipinski definition) is 5. The fraction of sp³-hybridized carbons (Fsp3) is 0.833. The minimum atomic E-state index is -1.32. The summed E-state index contributed by atoms with van der Waals surface area (Å²) in [5.41, 5.74) is 0. The number of aliphatic hydroxyl groups excluding tert-OH is 1. The molecule has 0 aromatic rings. The average molecular weight is 164 g/mol. The van der Waals surface area contributed by atoms with E-state index in [2.05, 4.69) is 4.89 Å². The van der Waals surface area contributed by atoms with Gasteiger partial charge in [-0.25, -0.2) is 4.79 Å². The van der Waals surface area contributed by atoms with Crippen molar-refractivity contribution in [3.63, 3.8) is 0 Å². The second kappa shape index (κ2) is 6.09. The Bertz CT molecular complexity index is 112. The quantitative estimate of drug-likeness (QED) is 0.228. The van der Waals surface area contributed by atoms with Gasteiger partial charge in [-0.1, -0.05) is 0 Å². The Morgan fingerprint density at radius 1 is 1.36 bits per heavy atom. The van der Waals surface area contributed by atoms with Crippen LogP contribution in [0.3, 0.4) is 0 Å². The smallest absolute Gasteiger partial charge is 0.342 e. The summed E-state index contributed by atoms with van der Waals surface area (Å²) in [6, 6.07) is 0. The van der Waals surface area contributed by atoms with E-state index in [0.717, 1.165) is 0 Å². The molecular weight excluding hydrogens is 152 g/mol. The van der Waals surface area contributed by atoms with Gasteiger partial charge in [0.1, 0.15) is 0 Å². The van der Waals surface area contributed by atoms with Crippen molar-refractivity contribution in [3.05, 3.63) is 0 Å². The highest BCUT2D eigenvalue weighted by Gasteiger charge is 2.02. The van der Waals surface area contributed by atoms with Gasteiger partial charge >= 0.3 is 5.97 Å². The van der Waals surface area contributed by atoms with E-state index in [-0.39, 0.29) is 12.8 Å². The van der Waals surface area contributed by atoms with E-state index in [0.29, 0.717) is 12.8 Å². The molecule has 0 atom stereocenters. The van der Waals surface area contributed by atoms with Crippen molar-refractivity contribution in [2.24, 2.45) is 0 Å². The van der Waals surface area contributed by atoms with E-state index < -0.39 is 12.3 Å². The van der Waals surface area contributed by atoms with Crippen molar-refractivity contribution in [2.75, 3.05) is 0 Å². The zero-order chi connectivity index (χ0) is 8.69. The predicted molar refractivity (Wildman–Crippen MR) is 35.4 cm³/mol. The molecule has 3 N–H and O–H groups in total. The molecule has 0 aliphatic heterocycles. The van der Waals surface area contributed by atoms with Gasteiger partial charge in [0.2, 0.25) is 0 Å². The zero-order valence-corrected chi connectivity index (χ0v) is 6.06. The summed E-state index contributed by atoms with van der Waals surface area (Å²) in [6.45, 7) is 0. The predicted octanol–water partition coefficient (Wildman–Crippen LogP) is -0.126. The Hall–Kier alpha value is -0.650. The van der Waals surface area contributed by atoms with E-state index in [4.69, 9.17) is 15.5 Å². The standard InChI is InChI=1S/C6H12O5/c7-5(8)3-1-2-4-6(9)11-10/h5,7-8,10H,1-4H2. The third-order valence-electron chi connectivity index (χ3n) is 1.20. The Labute approximate surface area is 64.2 Å². The maximum atomic E-state index is 10.3. The summed E-state index contributed by atoms with van der Waals surface area (Å²) in [7, 11) is 0. The molecular formula is C6H12O5. The molecule has 5 heteroatoms. The lowest BCUT2D eigenvalue weighted by Gasteiger charge is -2.00. The molecule has 0 saturated heterocycles. The van der Waals surface area contributed by atoms with E-state index in [9.17, 15) is 4.79 Å². The van der Waals surface area contributed by atoms with Crippen LogP contribution in [0.1, 0.15) is 25.7 Å². The minimum absolute atomic E-state index is 0.100. The molecule has 0 saturated carbocycles. The first-order chi connectivity index (χ1) is 5.16. The van der Waals surface area contributed by atoms with Gasteiger partial charge in [-0.15, -0.1) is 0 Å². The third-order valence-corrected chi connectivity index (χ3v) is 1.20. The summed E-state index contributed by atoms with van der Waals surface area (Å²) in [4.78, 5) is 13.7. The first kappa shape index (κ1) is 10.3. The molecule has 0 aliphatic rings. The molecule has 5 nitrogen and oxygen atoms in total. The molecule has 0 amide bonds. The molecule has 0 heterocycles. The molecule has 11 heavy (non-hydrogen) atoms. The van der Waals surface area contributed by atoms with Crippen LogP contribution in [0.5, 0.6) is 0 Å². The lowest BCUT2D eigenvalue weighted by Crippen LogP contribution is -2.05. The molecule has 0 radical (unpaired) electrons. The molecule has 0 rings (SSSR count). The maximum absolute atomic E-state index is 10.3. The van der Waals surface area contributed by atoms with Crippen LogP contribution >= 0.6 is 0 Å². The first-order valence-corrected chi connectivity index (χ1v) is 3.37. The van der Waals surface area contributed by atoms with Crippen molar-refractivity contribution < 1.29 is 25.2 Å². The summed E-state index contributed by atoms with van der Waals surface area (Å²) < 4.78 is 0. The molecule has 0 aromatic heterocycles. The second-order valence-electron chi connectivity index (χ2n) is 2.19. The van der Waals surface area contributed by atoms with Crippen LogP contribution in [0.15, 0.2) is 0 Å². The van der Waals surface area contributed by atoms with Crippen LogP contribution in [0.2, 0.25) is 0 Å². The van der Waals surface area contributed by atoms with Gasteiger partial charge in [0.05, 0.1) is 0 Å². The van der Waals surface area contributed by atoms with Gasteiger partial charge in [-0.2, -0.15) is 5.26 Å². The van der Waals surface area contributed by atoms with Gasteiger partial charge in [0.15, 0.2) is 6.29 Å². The number of carbonyl (C=O) groups excluding carboxylic acids is 1. The van der Waals surface area contributed by atoms with Crippen molar-refractivity contribution in [3.8, 4) is 0 Å². The van der Waals surface area contributed by atoms with Gasteiger partial charge in [-0.3, -0.25) is 0 Å². The highest BCUT2D eigenvalue weighted by molar-refractivity contribution is 5.68.